The number of piperidine rings is 1. The van der Waals surface area contributed by atoms with Gasteiger partial charge in [-0.1, -0.05) is 35.0 Å². The number of ether oxygens (including phenoxy) is 1. The fourth-order valence-corrected chi connectivity index (χ4v) is 6.21. The van der Waals surface area contributed by atoms with Crippen molar-refractivity contribution >= 4 is 10.0 Å². The molecule has 31 heavy (non-hydrogen) atoms. The minimum Gasteiger partial charge on any atom is -0.497 e. The summed E-state index contributed by atoms with van der Waals surface area (Å²) in [5.74, 6) is 1.83. The highest BCUT2D eigenvalue weighted by molar-refractivity contribution is 7.89. The maximum Gasteiger partial charge on any atom is 0.243 e. The van der Waals surface area contributed by atoms with Crippen LogP contribution in [-0.2, 0) is 10.0 Å². The molecule has 0 N–H and O–H groups in total. The minimum absolute atomic E-state index is 0.0403. The Labute approximate surface area is 183 Å². The van der Waals surface area contributed by atoms with E-state index in [1.54, 1.807) is 11.4 Å². The Bertz CT molecular complexity index is 1170. The predicted molar refractivity (Wildman–Crippen MR) is 118 cm³/mol. The molecule has 1 fully saturated rings. The Balaban J connectivity index is 1.49. The van der Waals surface area contributed by atoms with Crippen LogP contribution < -0.4 is 4.74 Å². The van der Waals surface area contributed by atoms with Gasteiger partial charge in [-0.2, -0.15) is 9.29 Å². The van der Waals surface area contributed by atoms with E-state index >= 15 is 0 Å². The van der Waals surface area contributed by atoms with Crippen LogP contribution >= 0.6 is 0 Å². The lowest BCUT2D eigenvalue weighted by Gasteiger charge is -2.30. The van der Waals surface area contributed by atoms with Gasteiger partial charge >= 0.3 is 0 Å². The molecule has 1 aromatic heterocycles. The van der Waals surface area contributed by atoms with Crippen LogP contribution in [0.5, 0.6) is 5.75 Å². The molecule has 1 saturated heterocycles. The van der Waals surface area contributed by atoms with Crippen molar-refractivity contribution in [3.63, 3.8) is 0 Å². The van der Waals surface area contributed by atoms with Gasteiger partial charge in [0.05, 0.1) is 12.0 Å². The zero-order valence-corrected chi connectivity index (χ0v) is 19.1. The summed E-state index contributed by atoms with van der Waals surface area (Å²) in [4.78, 5) is 4.99. The van der Waals surface area contributed by atoms with Crippen molar-refractivity contribution < 1.29 is 17.7 Å². The molecule has 0 unspecified atom stereocenters. The maximum absolute atomic E-state index is 13.3. The Morgan fingerprint density at radius 2 is 1.74 bits per heavy atom. The van der Waals surface area contributed by atoms with E-state index in [2.05, 4.69) is 10.1 Å². The van der Waals surface area contributed by atoms with Crippen molar-refractivity contribution in [2.45, 2.75) is 44.4 Å². The van der Waals surface area contributed by atoms with Gasteiger partial charge in [-0.25, -0.2) is 8.42 Å². The van der Waals surface area contributed by atoms with Gasteiger partial charge in [-0.3, -0.25) is 0 Å². The highest BCUT2D eigenvalue weighted by atomic mass is 32.2. The Hall–Kier alpha value is -2.71. The number of rotatable bonds is 5. The topological polar surface area (TPSA) is 85.5 Å². The molecular formula is C23H27N3O4S. The lowest BCUT2D eigenvalue weighted by atomic mass is 9.98. The molecule has 0 spiro atoms. The second-order valence-corrected chi connectivity index (χ2v) is 9.97. The molecule has 164 valence electrons. The molecule has 2 heterocycles. The molecule has 2 aromatic carbocycles. The average molecular weight is 442 g/mol. The molecule has 3 aromatic rings. The number of hydrogen-bond donors (Lipinski definition) is 0. The monoisotopic (exact) mass is 441 g/mol. The zero-order chi connectivity index (χ0) is 22.2. The van der Waals surface area contributed by atoms with Gasteiger partial charge in [-0.05, 0) is 56.9 Å². The molecule has 0 aliphatic carbocycles. The Morgan fingerprint density at radius 3 is 2.39 bits per heavy atom. The third-order valence-electron chi connectivity index (χ3n) is 5.78. The van der Waals surface area contributed by atoms with E-state index in [0.29, 0.717) is 42.5 Å². The van der Waals surface area contributed by atoms with Crippen LogP contribution in [0, 0.1) is 20.8 Å². The lowest BCUT2D eigenvalue weighted by Crippen LogP contribution is -2.38. The molecule has 0 atom stereocenters. The molecule has 1 aliphatic rings. The number of aryl methyl sites for hydroxylation is 3. The summed E-state index contributed by atoms with van der Waals surface area (Å²) >= 11 is 0. The first kappa shape index (κ1) is 21.5. The van der Waals surface area contributed by atoms with Gasteiger partial charge in [0, 0.05) is 24.6 Å². The van der Waals surface area contributed by atoms with E-state index in [1.165, 1.54) is 0 Å². The fourth-order valence-electron chi connectivity index (χ4n) is 4.33. The van der Waals surface area contributed by atoms with Crippen molar-refractivity contribution in [2.75, 3.05) is 20.2 Å². The number of nitrogens with zero attached hydrogens (tertiary/aromatic N) is 3. The summed E-state index contributed by atoms with van der Waals surface area (Å²) in [6, 6.07) is 11.3. The molecule has 1 aliphatic heterocycles. The third-order valence-corrected chi connectivity index (χ3v) is 7.98. The summed E-state index contributed by atoms with van der Waals surface area (Å²) in [6.07, 6.45) is 1.28. The Morgan fingerprint density at radius 1 is 1.06 bits per heavy atom. The van der Waals surface area contributed by atoms with E-state index in [0.717, 1.165) is 28.0 Å². The highest BCUT2D eigenvalue weighted by Gasteiger charge is 2.33. The first-order chi connectivity index (χ1) is 14.8. The summed E-state index contributed by atoms with van der Waals surface area (Å²) in [5, 5.41) is 4.11. The van der Waals surface area contributed by atoms with Crippen LogP contribution in [0.2, 0.25) is 0 Å². The number of methoxy groups -OCH3 is 1. The summed E-state index contributed by atoms with van der Waals surface area (Å²) < 4.78 is 38.9. The van der Waals surface area contributed by atoms with Crippen LogP contribution in [0.25, 0.3) is 11.4 Å². The van der Waals surface area contributed by atoms with E-state index < -0.39 is 10.0 Å². The van der Waals surface area contributed by atoms with E-state index in [-0.39, 0.29) is 5.92 Å². The summed E-state index contributed by atoms with van der Waals surface area (Å²) in [6.45, 7) is 6.55. The second kappa shape index (κ2) is 8.43. The minimum atomic E-state index is -3.54. The van der Waals surface area contributed by atoms with Crippen molar-refractivity contribution in [3.05, 3.63) is 59.0 Å². The summed E-state index contributed by atoms with van der Waals surface area (Å²) in [5.41, 5.74) is 3.47. The van der Waals surface area contributed by atoms with E-state index in [9.17, 15) is 8.42 Å². The van der Waals surface area contributed by atoms with Gasteiger partial charge < -0.3 is 9.26 Å². The standard InChI is InChI=1S/C23H27N3O4S/c1-15-12-16(2)21(17(3)13-15)31(27,28)26-10-8-18(9-11-26)23-24-22(25-30-23)19-6-5-7-20(14-19)29-4/h5-7,12-14,18H,8-11H2,1-4H3. The van der Waals surface area contributed by atoms with Crippen LogP contribution in [0.1, 0.15) is 41.3 Å². The first-order valence-electron chi connectivity index (χ1n) is 10.4. The van der Waals surface area contributed by atoms with Gasteiger partial charge in [0.2, 0.25) is 21.7 Å². The molecule has 0 bridgehead atoms. The quantitative estimate of drug-likeness (QED) is 0.589. The number of aromatic nitrogens is 2. The van der Waals surface area contributed by atoms with Gasteiger partial charge in [0.25, 0.3) is 0 Å². The molecular weight excluding hydrogens is 414 g/mol. The number of sulfonamides is 1. The van der Waals surface area contributed by atoms with Crippen molar-refractivity contribution in [1.29, 1.82) is 0 Å². The van der Waals surface area contributed by atoms with Gasteiger partial charge in [0.1, 0.15) is 5.75 Å². The van der Waals surface area contributed by atoms with Crippen molar-refractivity contribution in [1.82, 2.24) is 14.4 Å². The molecule has 0 amide bonds. The molecule has 4 rings (SSSR count). The van der Waals surface area contributed by atoms with Crippen LogP contribution in [0.15, 0.2) is 45.8 Å². The van der Waals surface area contributed by atoms with Crippen molar-refractivity contribution in [3.8, 4) is 17.1 Å². The molecule has 0 saturated carbocycles. The van der Waals surface area contributed by atoms with Crippen LogP contribution in [0.3, 0.4) is 0 Å². The predicted octanol–water partition coefficient (Wildman–Crippen LogP) is 4.24. The Kier molecular flexibility index (Phi) is 5.85. The van der Waals surface area contributed by atoms with E-state index in [4.69, 9.17) is 9.26 Å². The normalized spacial score (nSPS) is 15.9. The second-order valence-electron chi connectivity index (χ2n) is 8.09. The summed E-state index contributed by atoms with van der Waals surface area (Å²) in [7, 11) is -1.93. The molecule has 0 radical (unpaired) electrons. The largest absolute Gasteiger partial charge is 0.497 e. The van der Waals surface area contributed by atoms with E-state index in [1.807, 2.05) is 57.2 Å². The van der Waals surface area contributed by atoms with Crippen molar-refractivity contribution in [2.24, 2.45) is 0 Å². The lowest BCUT2D eigenvalue weighted by molar-refractivity contribution is 0.270. The number of benzene rings is 2. The SMILES string of the molecule is COc1cccc(-c2noc(C3CCN(S(=O)(=O)c4c(C)cc(C)cc4C)CC3)n2)c1. The smallest absolute Gasteiger partial charge is 0.243 e. The first-order valence-corrected chi connectivity index (χ1v) is 11.8. The zero-order valence-electron chi connectivity index (χ0n) is 18.3. The third kappa shape index (κ3) is 4.22. The fraction of sp³-hybridized carbons (Fsp3) is 0.391. The van der Waals surface area contributed by atoms with Crippen LogP contribution in [-0.4, -0.2) is 43.1 Å². The van der Waals surface area contributed by atoms with Gasteiger partial charge in [0.15, 0.2) is 0 Å². The number of hydrogen-bond acceptors (Lipinski definition) is 6. The molecule has 7 nitrogen and oxygen atoms in total. The highest BCUT2D eigenvalue weighted by Crippen LogP contribution is 2.33. The van der Waals surface area contributed by atoms with Crippen LogP contribution in [0.4, 0.5) is 0 Å². The molecule has 8 heteroatoms. The average Bonchev–Trinajstić information content (AvgIpc) is 3.23. The maximum atomic E-state index is 13.3. The van der Waals surface area contributed by atoms with Gasteiger partial charge in [-0.15, -0.1) is 0 Å².